The zero-order valence-corrected chi connectivity index (χ0v) is 16.5. The van der Waals surface area contributed by atoms with Crippen molar-refractivity contribution in [3.05, 3.63) is 50.8 Å². The number of carboxylic acids is 2. The average molecular weight is 444 g/mol. The Morgan fingerprint density at radius 2 is 1.79 bits per heavy atom. The molecule has 0 radical (unpaired) electrons. The van der Waals surface area contributed by atoms with E-state index in [1.807, 2.05) is 5.32 Å². The third kappa shape index (κ3) is 7.43. The Bertz CT molecular complexity index is 914. The number of para-hydroxylation sites is 1. The van der Waals surface area contributed by atoms with Gasteiger partial charge in [-0.25, -0.2) is 0 Å². The molecular weight excluding hydrogens is 429 g/mol. The predicted molar refractivity (Wildman–Crippen MR) is 99.8 cm³/mol. The number of carbonyl (C=O) groups excluding carboxylic acids is 3. The molecule has 1 atom stereocenters. The van der Waals surface area contributed by atoms with Crippen LogP contribution in [0.1, 0.15) is 19.8 Å². The molecule has 1 aromatic carbocycles. The summed E-state index contributed by atoms with van der Waals surface area (Å²) in [6.07, 6.45) is 2.49. The molecule has 0 aliphatic rings. The Balaban J connectivity index is 0.000000298. The number of hydrogen-bond donors (Lipinski definition) is 2. The molecule has 0 fully saturated rings. The molecule has 0 aliphatic carbocycles. The number of H-pyrrole nitrogens is 1. The topological polar surface area (TPSA) is 168 Å². The van der Waals surface area contributed by atoms with Gasteiger partial charge in [0, 0.05) is 30.9 Å². The van der Waals surface area contributed by atoms with E-state index in [1.165, 1.54) is 6.07 Å². The zero-order valence-electron chi connectivity index (χ0n) is 14.9. The number of aromatic amines is 1. The van der Waals surface area contributed by atoms with Crippen LogP contribution in [0.2, 0.25) is 10.0 Å². The highest BCUT2D eigenvalue weighted by Gasteiger charge is 2.21. The Morgan fingerprint density at radius 3 is 2.24 bits per heavy atom. The highest BCUT2D eigenvalue weighted by Crippen LogP contribution is 2.38. The van der Waals surface area contributed by atoms with Gasteiger partial charge in [-0.1, -0.05) is 29.3 Å². The minimum Gasteiger partial charge on any atom is -0.550 e. The number of aromatic nitrogens is 1. The van der Waals surface area contributed by atoms with E-state index < -0.39 is 35.2 Å². The SMILES string of the molecule is CC(=O)NC(CCC(=O)[O-])C(=O)[O-].O=[N+]([O-])c1c(Cl)cccc1-c1c[nH]cc1Cl. The van der Waals surface area contributed by atoms with Crippen molar-refractivity contribution in [2.75, 3.05) is 0 Å². The summed E-state index contributed by atoms with van der Waals surface area (Å²) in [4.78, 5) is 43.9. The largest absolute Gasteiger partial charge is 0.550 e. The molecule has 10 nitrogen and oxygen atoms in total. The number of amides is 1. The van der Waals surface area contributed by atoms with Crippen molar-refractivity contribution in [3.63, 3.8) is 0 Å². The van der Waals surface area contributed by atoms with Crippen LogP contribution >= 0.6 is 23.2 Å². The van der Waals surface area contributed by atoms with Crippen LogP contribution in [-0.2, 0) is 14.4 Å². The molecule has 0 saturated carbocycles. The van der Waals surface area contributed by atoms with Crippen LogP contribution in [0.5, 0.6) is 0 Å². The summed E-state index contributed by atoms with van der Waals surface area (Å²) in [5, 5.41) is 33.8. The van der Waals surface area contributed by atoms with Gasteiger partial charge in [-0.2, -0.15) is 0 Å². The second-order valence-corrected chi connectivity index (χ2v) is 6.41. The van der Waals surface area contributed by atoms with Gasteiger partial charge in [0.2, 0.25) is 5.91 Å². The predicted octanol–water partition coefficient (Wildman–Crippen LogP) is 0.668. The number of halogens is 2. The van der Waals surface area contributed by atoms with Crippen LogP contribution in [0.25, 0.3) is 11.1 Å². The van der Waals surface area contributed by atoms with Gasteiger partial charge in [0.1, 0.15) is 5.02 Å². The summed E-state index contributed by atoms with van der Waals surface area (Å²) in [6.45, 7) is 1.13. The van der Waals surface area contributed by atoms with Gasteiger partial charge in [0.15, 0.2) is 0 Å². The maximum Gasteiger partial charge on any atom is 0.295 e. The van der Waals surface area contributed by atoms with E-state index in [4.69, 9.17) is 23.2 Å². The average Bonchev–Trinajstić information content (AvgIpc) is 3.03. The molecule has 1 amide bonds. The number of nitro benzene ring substituents is 1. The summed E-state index contributed by atoms with van der Waals surface area (Å²) in [5.74, 6) is -3.42. The summed E-state index contributed by atoms with van der Waals surface area (Å²) in [6, 6.07) is 3.46. The van der Waals surface area contributed by atoms with Gasteiger partial charge in [-0.3, -0.25) is 14.9 Å². The molecule has 0 spiro atoms. The molecule has 1 unspecified atom stereocenters. The lowest BCUT2D eigenvalue weighted by atomic mass is 10.1. The van der Waals surface area contributed by atoms with E-state index in [0.717, 1.165) is 6.92 Å². The Labute approximate surface area is 174 Å². The number of nitrogens with one attached hydrogen (secondary N) is 2. The number of nitrogens with zero attached hydrogens (tertiary/aromatic N) is 1. The summed E-state index contributed by atoms with van der Waals surface area (Å²) >= 11 is 11.7. The number of carbonyl (C=O) groups is 3. The van der Waals surface area contributed by atoms with Gasteiger partial charge in [-0.05, 0) is 25.0 Å². The quantitative estimate of drug-likeness (QED) is 0.467. The van der Waals surface area contributed by atoms with Crippen LogP contribution in [-0.4, -0.2) is 33.8 Å². The van der Waals surface area contributed by atoms with Gasteiger partial charge in [0.25, 0.3) is 5.69 Å². The Hall–Kier alpha value is -3.11. The molecule has 1 heterocycles. The summed E-state index contributed by atoms with van der Waals surface area (Å²) in [7, 11) is 0. The van der Waals surface area contributed by atoms with Crippen molar-refractivity contribution in [1.82, 2.24) is 10.3 Å². The van der Waals surface area contributed by atoms with E-state index in [1.54, 1.807) is 24.5 Å². The van der Waals surface area contributed by atoms with Crippen LogP contribution in [0.3, 0.4) is 0 Å². The second-order valence-electron chi connectivity index (χ2n) is 5.59. The van der Waals surface area contributed by atoms with Crippen LogP contribution in [0.15, 0.2) is 30.6 Å². The van der Waals surface area contributed by atoms with Crippen molar-refractivity contribution < 1.29 is 29.5 Å². The van der Waals surface area contributed by atoms with Gasteiger partial charge in [0.05, 0.1) is 27.5 Å². The first-order valence-electron chi connectivity index (χ1n) is 7.98. The number of hydrogen-bond acceptors (Lipinski definition) is 7. The van der Waals surface area contributed by atoms with Crippen LogP contribution < -0.4 is 15.5 Å². The first kappa shape index (κ1) is 23.9. The maximum atomic E-state index is 10.9. The molecule has 2 rings (SSSR count). The standard InChI is InChI=1S/C10H6Cl2N2O2.C7H11NO5/c11-8-3-1-2-6(10(8)14(15)16)7-4-13-5-9(7)12;1-4(9)8-5(7(12)13)2-3-6(10)11/h1-5,13H;5H,2-3H2,1H3,(H,8,9)(H,10,11)(H,12,13)/p-2. The van der Waals surface area contributed by atoms with E-state index in [2.05, 4.69) is 4.98 Å². The van der Waals surface area contributed by atoms with Crippen molar-refractivity contribution in [1.29, 1.82) is 0 Å². The third-order valence-corrected chi connectivity index (χ3v) is 4.07. The highest BCUT2D eigenvalue weighted by molar-refractivity contribution is 6.35. The minimum absolute atomic E-state index is 0.0970. The van der Waals surface area contributed by atoms with E-state index >= 15 is 0 Å². The fraction of sp³-hybridized carbons (Fsp3) is 0.235. The molecule has 29 heavy (non-hydrogen) atoms. The maximum absolute atomic E-state index is 10.9. The third-order valence-electron chi connectivity index (χ3n) is 3.45. The van der Waals surface area contributed by atoms with Crippen molar-refractivity contribution >= 4 is 46.7 Å². The van der Waals surface area contributed by atoms with Crippen molar-refractivity contribution in [2.45, 2.75) is 25.8 Å². The monoisotopic (exact) mass is 443 g/mol. The summed E-state index contributed by atoms with van der Waals surface area (Å²) < 4.78 is 0. The van der Waals surface area contributed by atoms with Crippen LogP contribution in [0.4, 0.5) is 5.69 Å². The lowest BCUT2D eigenvalue weighted by molar-refractivity contribution is -0.384. The molecule has 12 heteroatoms. The van der Waals surface area contributed by atoms with Crippen LogP contribution in [0, 0.1) is 10.1 Å². The number of benzene rings is 1. The van der Waals surface area contributed by atoms with E-state index in [9.17, 15) is 34.7 Å². The smallest absolute Gasteiger partial charge is 0.295 e. The van der Waals surface area contributed by atoms with E-state index in [0.29, 0.717) is 16.1 Å². The lowest BCUT2D eigenvalue weighted by Crippen LogP contribution is -2.47. The number of nitro groups is 1. The Kier molecular flexibility index (Phi) is 9.10. The van der Waals surface area contributed by atoms with Gasteiger partial charge < -0.3 is 30.1 Å². The molecule has 2 aromatic rings. The summed E-state index contributed by atoms with van der Waals surface area (Å²) in [5.41, 5.74) is 0.838. The fourth-order valence-corrected chi connectivity index (χ4v) is 2.69. The van der Waals surface area contributed by atoms with Gasteiger partial charge >= 0.3 is 0 Å². The second kappa shape index (κ2) is 11.0. The molecule has 2 N–H and O–H groups in total. The highest BCUT2D eigenvalue weighted by atomic mass is 35.5. The van der Waals surface area contributed by atoms with Crippen molar-refractivity contribution in [3.8, 4) is 11.1 Å². The minimum atomic E-state index is -1.50. The first-order chi connectivity index (χ1) is 13.5. The first-order valence-corrected chi connectivity index (χ1v) is 8.73. The molecule has 0 bridgehead atoms. The number of carboxylic acid groups (broad SMARTS) is 2. The molecule has 0 saturated heterocycles. The van der Waals surface area contributed by atoms with Gasteiger partial charge in [-0.15, -0.1) is 0 Å². The lowest BCUT2D eigenvalue weighted by Gasteiger charge is -2.18. The normalized spacial score (nSPS) is 11.0. The molecular formula is C17H15Cl2N3O7-2. The fourth-order valence-electron chi connectivity index (χ4n) is 2.23. The zero-order chi connectivity index (χ0) is 22.1. The Morgan fingerprint density at radius 1 is 1.14 bits per heavy atom. The number of aliphatic carboxylic acids is 2. The van der Waals surface area contributed by atoms with E-state index in [-0.39, 0.29) is 17.1 Å². The number of rotatable bonds is 7. The molecule has 156 valence electrons. The molecule has 1 aromatic heterocycles. The molecule has 0 aliphatic heterocycles. The van der Waals surface area contributed by atoms with Crippen molar-refractivity contribution in [2.24, 2.45) is 0 Å².